The molecule has 2 N–H and O–H groups in total. The maximum absolute atomic E-state index is 6.64. The Morgan fingerprint density at radius 1 is 1.55 bits per heavy atom. The Labute approximate surface area is 74.0 Å². The highest BCUT2D eigenvalue weighted by atomic mass is 79.9. The fraction of sp³-hybridized carbons (Fsp3) is 0.125. The van der Waals surface area contributed by atoms with Gasteiger partial charge in [-0.1, -0.05) is 0 Å². The fourth-order valence-corrected chi connectivity index (χ4v) is 1.19. The Hall–Kier alpha value is -1.01. The first-order valence-electron chi connectivity index (χ1n) is 3.11. The molecule has 0 bridgehead atoms. The van der Waals surface area contributed by atoms with Crippen LogP contribution in [0.1, 0.15) is 5.56 Å². The van der Waals surface area contributed by atoms with Gasteiger partial charge >= 0.3 is 0 Å². The van der Waals surface area contributed by atoms with Gasteiger partial charge in [0.1, 0.15) is 0 Å². The maximum Gasteiger partial charge on any atom is 0.239 e. The second kappa shape index (κ2) is 3.40. The van der Waals surface area contributed by atoms with Crippen LogP contribution >= 0.6 is 15.9 Å². The highest BCUT2D eigenvalue weighted by Crippen LogP contribution is 2.20. The molecule has 0 aromatic heterocycles. The van der Waals surface area contributed by atoms with Crippen LogP contribution in [0, 0.1) is 6.57 Å². The van der Waals surface area contributed by atoms with E-state index >= 15 is 0 Å². The summed E-state index contributed by atoms with van der Waals surface area (Å²) in [6.45, 7) is 7.06. The Morgan fingerprint density at radius 3 is 2.82 bits per heavy atom. The first kappa shape index (κ1) is 8.09. The van der Waals surface area contributed by atoms with Gasteiger partial charge in [0.25, 0.3) is 0 Å². The number of halogens is 1. The number of hydrogen-bond donors (Lipinski definition) is 1. The summed E-state index contributed by atoms with van der Waals surface area (Å²) in [7, 11) is 0. The van der Waals surface area contributed by atoms with Gasteiger partial charge in [-0.05, 0) is 34.1 Å². The van der Waals surface area contributed by atoms with Crippen molar-refractivity contribution in [2.24, 2.45) is 0 Å². The van der Waals surface area contributed by atoms with Crippen molar-refractivity contribution in [3.63, 3.8) is 0 Å². The third-order valence-corrected chi connectivity index (χ3v) is 2.01. The van der Waals surface area contributed by atoms with Crippen molar-refractivity contribution in [1.29, 1.82) is 0 Å². The molecule has 0 amide bonds. The topological polar surface area (TPSA) is 30.4 Å². The molecule has 0 fully saturated rings. The van der Waals surface area contributed by atoms with Gasteiger partial charge in [-0.15, -0.1) is 0 Å². The summed E-state index contributed by atoms with van der Waals surface area (Å²) >= 11 is 3.29. The fourth-order valence-electron chi connectivity index (χ4n) is 0.760. The van der Waals surface area contributed by atoms with Crippen molar-refractivity contribution in [3.05, 3.63) is 39.7 Å². The molecule has 0 aliphatic heterocycles. The van der Waals surface area contributed by atoms with E-state index in [2.05, 4.69) is 20.8 Å². The number of anilines is 1. The van der Waals surface area contributed by atoms with E-state index in [0.29, 0.717) is 12.2 Å². The standard InChI is InChI=1S/C8H7BrN2/c1-11-5-6-2-3-8(10)7(9)4-6/h2-4H,5,10H2. The zero-order valence-electron chi connectivity index (χ0n) is 5.84. The second-order valence-electron chi connectivity index (χ2n) is 2.17. The van der Waals surface area contributed by atoms with E-state index in [1.165, 1.54) is 0 Å². The Balaban J connectivity index is 2.98. The average Bonchev–Trinajstić information content (AvgIpc) is 1.98. The smallest absolute Gasteiger partial charge is 0.239 e. The van der Waals surface area contributed by atoms with E-state index in [1.807, 2.05) is 12.1 Å². The predicted octanol–water partition coefficient (Wildman–Crippen LogP) is 2.45. The highest BCUT2D eigenvalue weighted by molar-refractivity contribution is 9.10. The Kier molecular flexibility index (Phi) is 2.50. The third kappa shape index (κ3) is 1.95. The molecule has 1 aromatic carbocycles. The summed E-state index contributed by atoms with van der Waals surface area (Å²) in [4.78, 5) is 3.27. The largest absolute Gasteiger partial charge is 0.398 e. The summed E-state index contributed by atoms with van der Waals surface area (Å²) in [5.74, 6) is 0. The van der Waals surface area contributed by atoms with E-state index in [-0.39, 0.29) is 0 Å². The molecular formula is C8H7BrN2. The molecule has 0 aliphatic rings. The van der Waals surface area contributed by atoms with Gasteiger partial charge in [0.15, 0.2) is 0 Å². The molecule has 0 unspecified atom stereocenters. The molecule has 0 atom stereocenters. The highest BCUT2D eigenvalue weighted by Gasteiger charge is 1.98. The molecule has 1 rings (SSSR count). The van der Waals surface area contributed by atoms with Crippen LogP contribution in [-0.2, 0) is 6.54 Å². The van der Waals surface area contributed by atoms with Gasteiger partial charge in [-0.3, -0.25) is 0 Å². The minimum atomic E-state index is 0.416. The number of nitrogens with zero attached hydrogens (tertiary/aromatic N) is 1. The van der Waals surface area contributed by atoms with E-state index in [0.717, 1.165) is 10.0 Å². The lowest BCUT2D eigenvalue weighted by Gasteiger charge is -1.97. The number of nitrogen functional groups attached to an aromatic ring is 1. The average molecular weight is 211 g/mol. The van der Waals surface area contributed by atoms with Crippen molar-refractivity contribution in [2.45, 2.75) is 6.54 Å². The van der Waals surface area contributed by atoms with Crippen LogP contribution in [0.15, 0.2) is 22.7 Å². The summed E-state index contributed by atoms with van der Waals surface area (Å²) in [5.41, 5.74) is 7.25. The lowest BCUT2D eigenvalue weighted by atomic mass is 10.2. The van der Waals surface area contributed by atoms with Crippen LogP contribution < -0.4 is 5.73 Å². The van der Waals surface area contributed by atoms with Gasteiger partial charge < -0.3 is 10.6 Å². The third-order valence-electron chi connectivity index (χ3n) is 1.33. The Morgan fingerprint density at radius 2 is 2.27 bits per heavy atom. The summed E-state index contributed by atoms with van der Waals surface area (Å²) < 4.78 is 0.860. The van der Waals surface area contributed by atoms with Crippen LogP contribution in [0.5, 0.6) is 0 Å². The normalized spacial score (nSPS) is 9.09. The minimum Gasteiger partial charge on any atom is -0.398 e. The van der Waals surface area contributed by atoms with Crippen LogP contribution in [0.4, 0.5) is 5.69 Å². The van der Waals surface area contributed by atoms with Crippen molar-refractivity contribution in [1.82, 2.24) is 0 Å². The Bertz CT molecular complexity index is 301. The molecule has 1 aromatic rings. The molecule has 0 heterocycles. The van der Waals surface area contributed by atoms with E-state index in [1.54, 1.807) is 6.07 Å². The molecule has 0 aliphatic carbocycles. The number of hydrogen-bond acceptors (Lipinski definition) is 1. The lowest BCUT2D eigenvalue weighted by Crippen LogP contribution is -1.87. The monoisotopic (exact) mass is 210 g/mol. The first-order chi connectivity index (χ1) is 5.24. The van der Waals surface area contributed by atoms with E-state index in [4.69, 9.17) is 12.3 Å². The van der Waals surface area contributed by atoms with Gasteiger partial charge in [0.2, 0.25) is 6.54 Å². The number of rotatable bonds is 1. The van der Waals surface area contributed by atoms with Crippen molar-refractivity contribution < 1.29 is 0 Å². The van der Waals surface area contributed by atoms with Crippen LogP contribution in [0.25, 0.3) is 4.85 Å². The van der Waals surface area contributed by atoms with Crippen LogP contribution in [-0.4, -0.2) is 0 Å². The summed E-state index contributed by atoms with van der Waals surface area (Å²) in [6.07, 6.45) is 0. The first-order valence-corrected chi connectivity index (χ1v) is 3.90. The van der Waals surface area contributed by atoms with E-state index in [9.17, 15) is 0 Å². The molecule has 0 radical (unpaired) electrons. The summed E-state index contributed by atoms with van der Waals surface area (Å²) in [6, 6.07) is 5.52. The molecule has 0 spiro atoms. The second-order valence-corrected chi connectivity index (χ2v) is 3.03. The molecular weight excluding hydrogens is 204 g/mol. The predicted molar refractivity (Wildman–Crippen MR) is 48.9 cm³/mol. The van der Waals surface area contributed by atoms with Crippen LogP contribution in [0.2, 0.25) is 0 Å². The van der Waals surface area contributed by atoms with Gasteiger partial charge in [-0.25, -0.2) is 6.57 Å². The molecule has 0 saturated heterocycles. The van der Waals surface area contributed by atoms with Gasteiger partial charge in [0, 0.05) is 15.7 Å². The van der Waals surface area contributed by atoms with Crippen LogP contribution in [0.3, 0.4) is 0 Å². The molecule has 3 heteroatoms. The molecule has 11 heavy (non-hydrogen) atoms. The molecule has 56 valence electrons. The lowest BCUT2D eigenvalue weighted by molar-refractivity contribution is 1.26. The zero-order valence-corrected chi connectivity index (χ0v) is 7.43. The number of nitrogens with two attached hydrogens (primary N) is 1. The van der Waals surface area contributed by atoms with Crippen molar-refractivity contribution >= 4 is 21.6 Å². The van der Waals surface area contributed by atoms with Gasteiger partial charge in [0.05, 0.1) is 0 Å². The van der Waals surface area contributed by atoms with Crippen molar-refractivity contribution in [2.75, 3.05) is 5.73 Å². The summed E-state index contributed by atoms with van der Waals surface area (Å²) in [5, 5.41) is 0. The van der Waals surface area contributed by atoms with E-state index < -0.39 is 0 Å². The molecule has 0 saturated carbocycles. The SMILES string of the molecule is [C-]#[N+]Cc1ccc(N)c(Br)c1. The molecule has 2 nitrogen and oxygen atoms in total. The maximum atomic E-state index is 6.64. The zero-order chi connectivity index (χ0) is 8.27. The van der Waals surface area contributed by atoms with Gasteiger partial charge in [-0.2, -0.15) is 0 Å². The quantitative estimate of drug-likeness (QED) is 0.561. The van der Waals surface area contributed by atoms with Crippen molar-refractivity contribution in [3.8, 4) is 0 Å². The minimum absolute atomic E-state index is 0.416. The number of benzene rings is 1.